The molecule has 0 aromatic rings. The summed E-state index contributed by atoms with van der Waals surface area (Å²) in [4.78, 5) is 73.2. The third-order valence-electron chi connectivity index (χ3n) is 17.7. The molecule has 19 heteroatoms. The Labute approximate surface area is 645 Å². The van der Waals surface area contributed by atoms with Gasteiger partial charge in [0.15, 0.2) is 12.2 Å². The van der Waals surface area contributed by atoms with Crippen molar-refractivity contribution in [2.75, 3.05) is 39.6 Å². The van der Waals surface area contributed by atoms with Crippen molar-refractivity contribution in [3.8, 4) is 0 Å². The van der Waals surface area contributed by atoms with Crippen LogP contribution in [0.1, 0.15) is 362 Å². The van der Waals surface area contributed by atoms with Crippen LogP contribution in [0, 0.1) is 0 Å². The number of unbranched alkanes of at least 4 members (excludes halogenated alkanes) is 35. The summed E-state index contributed by atoms with van der Waals surface area (Å²) in [6.45, 7) is 4.74. The summed E-state index contributed by atoms with van der Waals surface area (Å²) < 4.78 is 68.7. The number of hydrogen-bond donors (Lipinski definition) is 3. The zero-order valence-electron chi connectivity index (χ0n) is 67.1. The number of hydrogen-bond acceptors (Lipinski definition) is 15. The monoisotopic (exact) mass is 1530 g/mol. The molecule has 0 bridgehead atoms. The molecule has 0 aromatic carbocycles. The number of esters is 4. The average Bonchev–Trinajstić information content (AvgIpc) is 0.905. The van der Waals surface area contributed by atoms with Gasteiger partial charge in [0.25, 0.3) is 0 Å². The minimum absolute atomic E-state index is 0.0761. The van der Waals surface area contributed by atoms with Crippen LogP contribution in [0.15, 0.2) is 109 Å². The number of aliphatic hydroxyl groups excluding tert-OH is 1. The van der Waals surface area contributed by atoms with Gasteiger partial charge >= 0.3 is 39.5 Å². The molecule has 5 atom stereocenters. The molecule has 3 N–H and O–H groups in total. The van der Waals surface area contributed by atoms with Crippen molar-refractivity contribution >= 4 is 39.5 Å². The maximum absolute atomic E-state index is 13.1. The van der Waals surface area contributed by atoms with Gasteiger partial charge in [0.2, 0.25) is 0 Å². The molecule has 0 radical (unpaired) electrons. The first-order chi connectivity index (χ1) is 51.7. The van der Waals surface area contributed by atoms with Crippen LogP contribution in [0.4, 0.5) is 0 Å². The molecule has 0 fully saturated rings. The Morgan fingerprint density at radius 3 is 0.774 bits per heavy atom. The molecular formula is C87H152O17P2. The first kappa shape index (κ1) is 102. The summed E-state index contributed by atoms with van der Waals surface area (Å²) in [7, 11) is -9.97. The quantitative estimate of drug-likeness (QED) is 0.0169. The highest BCUT2D eigenvalue weighted by molar-refractivity contribution is 7.47. The summed E-state index contributed by atoms with van der Waals surface area (Å²) in [5.74, 6) is -2.21. The first-order valence-electron chi connectivity index (χ1n) is 42.1. The summed E-state index contributed by atoms with van der Waals surface area (Å²) >= 11 is 0. The highest BCUT2D eigenvalue weighted by Gasteiger charge is 2.30. The predicted molar refractivity (Wildman–Crippen MR) is 436 cm³/mol. The lowest BCUT2D eigenvalue weighted by atomic mass is 10.1. The fourth-order valence-corrected chi connectivity index (χ4v) is 12.8. The van der Waals surface area contributed by atoms with Crippen LogP contribution in [0.3, 0.4) is 0 Å². The Kier molecular flexibility index (Phi) is 75.6. The number of aliphatic hydroxyl groups is 1. The van der Waals surface area contributed by atoms with Crippen molar-refractivity contribution in [3.05, 3.63) is 109 Å². The summed E-state index contributed by atoms with van der Waals surface area (Å²) in [5.41, 5.74) is 0. The van der Waals surface area contributed by atoms with E-state index in [1.807, 2.05) is 0 Å². The Balaban J connectivity index is 5.39. The zero-order chi connectivity index (χ0) is 77.4. The number of phosphoric ester groups is 2. The fraction of sp³-hybridized carbons (Fsp3) is 0.747. The van der Waals surface area contributed by atoms with Crippen LogP contribution >= 0.6 is 15.6 Å². The second-order valence-corrected chi connectivity index (χ2v) is 31.0. The van der Waals surface area contributed by atoms with Gasteiger partial charge in [0.05, 0.1) is 26.4 Å². The Bertz CT molecular complexity index is 2430. The normalized spacial score (nSPS) is 14.4. The Morgan fingerprint density at radius 2 is 0.481 bits per heavy atom. The van der Waals surface area contributed by atoms with E-state index >= 15 is 0 Å². The van der Waals surface area contributed by atoms with Crippen molar-refractivity contribution in [1.82, 2.24) is 0 Å². The first-order valence-corrected chi connectivity index (χ1v) is 45.1. The number of carbonyl (C=O) groups excluding carboxylic acids is 4. The molecule has 17 nitrogen and oxygen atoms in total. The average molecular weight is 1530 g/mol. The molecule has 0 aliphatic rings. The number of ether oxygens (including phenoxy) is 4. The molecule has 0 aliphatic carbocycles. The van der Waals surface area contributed by atoms with E-state index in [9.17, 15) is 43.2 Å². The number of rotatable bonds is 79. The smallest absolute Gasteiger partial charge is 0.462 e. The molecule has 0 spiro atoms. The summed E-state index contributed by atoms with van der Waals surface area (Å²) in [6, 6.07) is 0. The van der Waals surface area contributed by atoms with Gasteiger partial charge in [-0.3, -0.25) is 37.3 Å². The van der Waals surface area contributed by atoms with Gasteiger partial charge < -0.3 is 33.8 Å². The van der Waals surface area contributed by atoms with Crippen LogP contribution in [0.25, 0.3) is 0 Å². The van der Waals surface area contributed by atoms with E-state index in [4.69, 9.17) is 37.0 Å². The number of allylic oxidation sites excluding steroid dienone is 18. The van der Waals surface area contributed by atoms with Gasteiger partial charge in [-0.05, 0) is 154 Å². The summed E-state index contributed by atoms with van der Waals surface area (Å²) in [5, 5.41) is 10.7. The molecule has 0 saturated heterocycles. The zero-order valence-corrected chi connectivity index (χ0v) is 68.9. The van der Waals surface area contributed by atoms with E-state index in [-0.39, 0.29) is 25.7 Å². The van der Waals surface area contributed by atoms with Crippen LogP contribution in [-0.2, 0) is 65.4 Å². The second-order valence-electron chi connectivity index (χ2n) is 28.1. The van der Waals surface area contributed by atoms with Gasteiger partial charge in [-0.25, -0.2) is 9.13 Å². The van der Waals surface area contributed by atoms with Gasteiger partial charge in [-0.1, -0.05) is 291 Å². The highest BCUT2D eigenvalue weighted by Crippen LogP contribution is 2.45. The minimum atomic E-state index is -4.99. The SMILES string of the molecule is CCC/C=C\C/C=C\CCCCCCCC(=O)OC(COC(=O)CCCCCCC/C=C\CCCCCCCC)COP(=O)(O)OCC(O)COP(=O)(O)OCC(COC(=O)CCCCCCCC/C=C\C/C=C\C/C=C\CCCCC)OC(=O)CCCCCCCC/C=C\C/C=C\C/C=C\CCCCC. The molecule has 612 valence electrons. The molecule has 0 amide bonds. The lowest BCUT2D eigenvalue weighted by molar-refractivity contribution is -0.161. The van der Waals surface area contributed by atoms with Gasteiger partial charge in [-0.2, -0.15) is 0 Å². The van der Waals surface area contributed by atoms with Crippen molar-refractivity contribution in [2.45, 2.75) is 380 Å². The highest BCUT2D eigenvalue weighted by atomic mass is 31.2. The van der Waals surface area contributed by atoms with E-state index in [2.05, 4.69) is 137 Å². The Morgan fingerprint density at radius 1 is 0.264 bits per heavy atom. The molecular weight excluding hydrogens is 1380 g/mol. The molecule has 0 heterocycles. The second kappa shape index (κ2) is 78.8. The van der Waals surface area contributed by atoms with E-state index in [0.29, 0.717) is 25.7 Å². The molecule has 0 saturated carbocycles. The minimum Gasteiger partial charge on any atom is -0.462 e. The third-order valence-corrected chi connectivity index (χ3v) is 19.6. The van der Waals surface area contributed by atoms with Crippen LogP contribution < -0.4 is 0 Å². The largest absolute Gasteiger partial charge is 0.472 e. The van der Waals surface area contributed by atoms with Crippen molar-refractivity contribution in [1.29, 1.82) is 0 Å². The van der Waals surface area contributed by atoms with E-state index < -0.39 is 97.5 Å². The molecule has 0 aliphatic heterocycles. The predicted octanol–water partition coefficient (Wildman–Crippen LogP) is 24.9. The lowest BCUT2D eigenvalue weighted by Crippen LogP contribution is -2.30. The van der Waals surface area contributed by atoms with Gasteiger partial charge in [-0.15, -0.1) is 0 Å². The molecule has 106 heavy (non-hydrogen) atoms. The van der Waals surface area contributed by atoms with Gasteiger partial charge in [0, 0.05) is 25.7 Å². The Hall–Kier alpha value is -4.28. The molecule has 0 aromatic heterocycles. The third kappa shape index (κ3) is 77.9. The van der Waals surface area contributed by atoms with Crippen LogP contribution in [0.5, 0.6) is 0 Å². The van der Waals surface area contributed by atoms with E-state index in [1.165, 1.54) is 77.0 Å². The maximum Gasteiger partial charge on any atom is 0.472 e. The van der Waals surface area contributed by atoms with E-state index in [1.54, 1.807) is 0 Å². The van der Waals surface area contributed by atoms with E-state index in [0.717, 1.165) is 205 Å². The maximum atomic E-state index is 13.1. The fourth-order valence-electron chi connectivity index (χ4n) is 11.2. The standard InChI is InChI=1S/C87H152O17P2/c1-5-9-13-17-21-25-29-33-36-38-40-42-45-49-52-56-60-64-68-72-85(90)98-78-83(104-87(92)74-70-66-62-58-54-50-46-43-41-39-37-34-30-26-22-18-14-10-6-2)80-102-106(95,96)100-76-81(88)75-99-105(93,94)101-79-82(103-86(91)73-69-65-61-57-53-47-32-28-24-20-16-12-8-4)77-97-84(89)71-67-63-59-55-51-48-44-35-31-27-23-19-15-11-7-3/h16,20-22,25-26,28,32-37,40-44,81-83,88H,5-15,17-19,23-24,27,29-31,38-39,45-80H2,1-4H3,(H,93,94)(H,95,96)/b20-16-,25-21-,26-22-,32-28-,36-33-,37-34-,42-40-,43-41-,44-35-. The summed E-state index contributed by atoms with van der Waals surface area (Å²) in [6.07, 6.45) is 86.2. The van der Waals surface area contributed by atoms with Crippen LogP contribution in [-0.4, -0.2) is 96.7 Å². The topological polar surface area (TPSA) is 237 Å². The number of carbonyl (C=O) groups is 4. The molecule has 5 unspecified atom stereocenters. The number of phosphoric acid groups is 2. The van der Waals surface area contributed by atoms with Crippen LogP contribution in [0.2, 0.25) is 0 Å². The van der Waals surface area contributed by atoms with Crippen molar-refractivity contribution in [2.24, 2.45) is 0 Å². The van der Waals surface area contributed by atoms with Crippen molar-refractivity contribution in [3.63, 3.8) is 0 Å². The lowest BCUT2D eigenvalue weighted by Gasteiger charge is -2.21. The molecule has 0 rings (SSSR count). The van der Waals surface area contributed by atoms with Gasteiger partial charge in [0.1, 0.15) is 19.3 Å². The van der Waals surface area contributed by atoms with Crippen molar-refractivity contribution < 1.29 is 80.2 Å².